The summed E-state index contributed by atoms with van der Waals surface area (Å²) in [7, 11) is 0. The molecular formula is C15H8Cl4N2O. The molecule has 0 amide bonds. The Morgan fingerprint density at radius 3 is 1.59 bits per heavy atom. The van der Waals surface area contributed by atoms with Crippen molar-refractivity contribution in [3.8, 4) is 0 Å². The molecule has 7 heteroatoms. The second kappa shape index (κ2) is 7.75. The molecule has 2 heterocycles. The maximum Gasteiger partial charge on any atom is 0.178 e. The van der Waals surface area contributed by atoms with E-state index < -0.39 is 0 Å². The first kappa shape index (κ1) is 17.0. The van der Waals surface area contributed by atoms with Gasteiger partial charge in [0, 0.05) is 12.4 Å². The lowest BCUT2D eigenvalue weighted by Crippen LogP contribution is -1.88. The third-order valence-electron chi connectivity index (χ3n) is 2.48. The van der Waals surface area contributed by atoms with Crippen molar-refractivity contribution >= 4 is 64.3 Å². The number of carbonyl (C=O) groups is 1. The van der Waals surface area contributed by atoms with Gasteiger partial charge in [-0.25, -0.2) is 0 Å². The number of carbonyl (C=O) groups excluding carboxylic acids is 1. The Morgan fingerprint density at radius 1 is 0.818 bits per heavy atom. The van der Waals surface area contributed by atoms with Gasteiger partial charge in [-0.2, -0.15) is 0 Å². The molecule has 3 nitrogen and oxygen atoms in total. The van der Waals surface area contributed by atoms with Crippen LogP contribution in [-0.2, 0) is 4.79 Å². The lowest BCUT2D eigenvalue weighted by atomic mass is 10.2. The summed E-state index contributed by atoms with van der Waals surface area (Å²) in [6.45, 7) is 0. The molecule has 0 saturated heterocycles. The van der Waals surface area contributed by atoms with Gasteiger partial charge in [0.2, 0.25) is 0 Å². The predicted octanol–water partition coefficient (Wildman–Crippen LogP) is 5.39. The van der Waals surface area contributed by atoms with E-state index in [0.717, 1.165) is 0 Å². The van der Waals surface area contributed by atoms with Gasteiger partial charge >= 0.3 is 0 Å². The number of pyridine rings is 2. The third-order valence-corrected chi connectivity index (χ3v) is 3.50. The second-order valence-electron chi connectivity index (χ2n) is 4.11. The topological polar surface area (TPSA) is 42.9 Å². The zero-order chi connectivity index (χ0) is 16.1. The zero-order valence-corrected chi connectivity index (χ0v) is 14.0. The van der Waals surface area contributed by atoms with Crippen molar-refractivity contribution in [3.05, 3.63) is 68.2 Å². The smallest absolute Gasteiger partial charge is 0.178 e. The Morgan fingerprint density at radius 2 is 1.23 bits per heavy atom. The summed E-state index contributed by atoms with van der Waals surface area (Å²) in [6, 6.07) is 3.10. The SMILES string of the molecule is O=C(/C=C/c1ncc(Cl)cc1Cl)/C=C/c1ncc(Cl)cc1Cl. The van der Waals surface area contributed by atoms with E-state index in [2.05, 4.69) is 9.97 Å². The van der Waals surface area contributed by atoms with Gasteiger partial charge in [0.1, 0.15) is 0 Å². The summed E-state index contributed by atoms with van der Waals surface area (Å²) >= 11 is 23.4. The molecule has 112 valence electrons. The Bertz CT molecular complexity index is 709. The van der Waals surface area contributed by atoms with Crippen LogP contribution in [0.4, 0.5) is 0 Å². The Kier molecular flexibility index (Phi) is 5.98. The van der Waals surface area contributed by atoms with Crippen molar-refractivity contribution in [2.75, 3.05) is 0 Å². The summed E-state index contributed by atoms with van der Waals surface area (Å²) in [5.74, 6) is -0.263. The largest absolute Gasteiger partial charge is 0.290 e. The van der Waals surface area contributed by atoms with Gasteiger partial charge in [0.15, 0.2) is 5.78 Å². The van der Waals surface area contributed by atoms with Crippen molar-refractivity contribution in [1.29, 1.82) is 0 Å². The molecule has 0 bridgehead atoms. The maximum absolute atomic E-state index is 11.8. The Labute approximate surface area is 147 Å². The van der Waals surface area contributed by atoms with E-state index in [1.54, 1.807) is 12.1 Å². The first-order valence-electron chi connectivity index (χ1n) is 5.98. The first-order chi connectivity index (χ1) is 10.5. The van der Waals surface area contributed by atoms with E-state index in [9.17, 15) is 4.79 Å². The highest BCUT2D eigenvalue weighted by Gasteiger charge is 2.01. The van der Waals surface area contributed by atoms with Gasteiger partial charge in [-0.05, 0) is 36.4 Å². The number of ketones is 1. The minimum atomic E-state index is -0.263. The molecule has 2 aromatic heterocycles. The Hall–Kier alpha value is -1.39. The monoisotopic (exact) mass is 372 g/mol. The number of hydrogen-bond donors (Lipinski definition) is 0. The summed E-state index contributed by atoms with van der Waals surface area (Å²) < 4.78 is 0. The molecule has 0 fully saturated rings. The van der Waals surface area contributed by atoms with E-state index in [4.69, 9.17) is 46.4 Å². The van der Waals surface area contributed by atoms with E-state index in [1.807, 2.05) is 0 Å². The van der Waals surface area contributed by atoms with Crippen LogP contribution >= 0.6 is 46.4 Å². The molecule has 0 unspecified atom stereocenters. The molecule has 0 spiro atoms. The van der Waals surface area contributed by atoms with E-state index in [-0.39, 0.29) is 5.78 Å². The zero-order valence-electron chi connectivity index (χ0n) is 10.9. The lowest BCUT2D eigenvalue weighted by Gasteiger charge is -1.97. The molecule has 0 atom stereocenters. The highest BCUT2D eigenvalue weighted by atomic mass is 35.5. The van der Waals surface area contributed by atoms with Gasteiger partial charge in [-0.15, -0.1) is 0 Å². The highest BCUT2D eigenvalue weighted by molar-refractivity contribution is 6.35. The van der Waals surface area contributed by atoms with Gasteiger partial charge in [-0.3, -0.25) is 14.8 Å². The number of allylic oxidation sites excluding steroid dienone is 2. The molecular weight excluding hydrogens is 366 g/mol. The average Bonchev–Trinajstić information content (AvgIpc) is 2.45. The number of aromatic nitrogens is 2. The van der Waals surface area contributed by atoms with Crippen LogP contribution in [0.2, 0.25) is 20.1 Å². The summed E-state index contributed by atoms with van der Waals surface area (Å²) in [6.07, 6.45) is 8.57. The molecule has 0 aliphatic heterocycles. The van der Waals surface area contributed by atoms with Gasteiger partial charge in [0.05, 0.1) is 31.5 Å². The van der Waals surface area contributed by atoms with Crippen molar-refractivity contribution < 1.29 is 4.79 Å². The average molecular weight is 374 g/mol. The first-order valence-corrected chi connectivity index (χ1v) is 7.49. The van der Waals surface area contributed by atoms with Crippen LogP contribution in [0, 0.1) is 0 Å². The van der Waals surface area contributed by atoms with Crippen LogP contribution in [0.15, 0.2) is 36.7 Å². The quantitative estimate of drug-likeness (QED) is 0.675. The number of rotatable bonds is 4. The second-order valence-corrected chi connectivity index (χ2v) is 5.80. The van der Waals surface area contributed by atoms with Crippen LogP contribution in [0.25, 0.3) is 12.2 Å². The van der Waals surface area contributed by atoms with Crippen LogP contribution in [0.1, 0.15) is 11.4 Å². The fourth-order valence-electron chi connectivity index (χ4n) is 1.47. The molecule has 0 N–H and O–H groups in total. The van der Waals surface area contributed by atoms with Crippen LogP contribution in [0.3, 0.4) is 0 Å². The fraction of sp³-hybridized carbons (Fsp3) is 0. The van der Waals surface area contributed by atoms with Crippen LogP contribution in [-0.4, -0.2) is 15.8 Å². The van der Waals surface area contributed by atoms with E-state index in [0.29, 0.717) is 31.5 Å². The summed E-state index contributed by atoms with van der Waals surface area (Å²) in [4.78, 5) is 19.8. The minimum Gasteiger partial charge on any atom is -0.290 e. The van der Waals surface area contributed by atoms with Crippen molar-refractivity contribution in [3.63, 3.8) is 0 Å². The van der Waals surface area contributed by atoms with Crippen molar-refractivity contribution in [2.24, 2.45) is 0 Å². The van der Waals surface area contributed by atoms with Gasteiger partial charge in [0.25, 0.3) is 0 Å². The van der Waals surface area contributed by atoms with Gasteiger partial charge < -0.3 is 0 Å². The summed E-state index contributed by atoms with van der Waals surface area (Å²) in [5, 5.41) is 1.58. The molecule has 0 aliphatic rings. The van der Waals surface area contributed by atoms with E-state index in [1.165, 1.54) is 36.7 Å². The molecule has 0 aromatic carbocycles. The number of nitrogens with zero attached hydrogens (tertiary/aromatic N) is 2. The molecule has 22 heavy (non-hydrogen) atoms. The minimum absolute atomic E-state index is 0.263. The van der Waals surface area contributed by atoms with Crippen molar-refractivity contribution in [1.82, 2.24) is 9.97 Å². The van der Waals surface area contributed by atoms with E-state index >= 15 is 0 Å². The van der Waals surface area contributed by atoms with Crippen molar-refractivity contribution in [2.45, 2.75) is 0 Å². The highest BCUT2D eigenvalue weighted by Crippen LogP contribution is 2.20. The molecule has 0 radical (unpaired) electrons. The molecule has 2 rings (SSSR count). The number of halogens is 4. The van der Waals surface area contributed by atoms with Crippen LogP contribution < -0.4 is 0 Å². The predicted molar refractivity (Wildman–Crippen MR) is 91.6 cm³/mol. The lowest BCUT2D eigenvalue weighted by molar-refractivity contribution is -0.110. The third kappa shape index (κ3) is 4.82. The molecule has 2 aromatic rings. The summed E-state index contributed by atoms with van der Waals surface area (Å²) in [5.41, 5.74) is 0.908. The standard InChI is InChI=1S/C15H8Cl4N2O/c16-9-5-12(18)14(20-7-9)3-1-11(22)2-4-15-13(19)6-10(17)8-21-15/h1-8H/b3-1+,4-2+. The fourth-order valence-corrected chi connectivity index (χ4v) is 2.36. The number of hydrogen-bond acceptors (Lipinski definition) is 3. The normalized spacial score (nSPS) is 11.5. The van der Waals surface area contributed by atoms with Crippen LogP contribution in [0.5, 0.6) is 0 Å². The van der Waals surface area contributed by atoms with Gasteiger partial charge in [-0.1, -0.05) is 46.4 Å². The molecule has 0 aliphatic carbocycles. The maximum atomic E-state index is 11.8. The molecule has 0 saturated carbocycles. The Balaban J connectivity index is 2.09.